The number of nitrogens with one attached hydrogen (secondary N) is 1. The van der Waals surface area contributed by atoms with Gasteiger partial charge in [0, 0.05) is 12.2 Å². The molecule has 0 saturated carbocycles. The van der Waals surface area contributed by atoms with Crippen LogP contribution in [0.15, 0.2) is 67.1 Å². The van der Waals surface area contributed by atoms with Crippen molar-refractivity contribution in [1.29, 1.82) is 0 Å². The van der Waals surface area contributed by atoms with Gasteiger partial charge in [0.2, 0.25) is 0 Å². The van der Waals surface area contributed by atoms with E-state index in [1.807, 2.05) is 30.3 Å². The predicted molar refractivity (Wildman–Crippen MR) is 86.0 cm³/mol. The Morgan fingerprint density at radius 3 is 2.57 bits per heavy atom. The highest BCUT2D eigenvalue weighted by Crippen LogP contribution is 2.10. The number of nitrogens with zero attached hydrogens (tertiary/aromatic N) is 2. The first-order valence-electron chi connectivity index (χ1n) is 7.34. The van der Waals surface area contributed by atoms with Gasteiger partial charge in [0.05, 0.1) is 12.5 Å². The quantitative estimate of drug-likeness (QED) is 0.787. The van der Waals surface area contributed by atoms with Crippen molar-refractivity contribution in [2.75, 3.05) is 6.54 Å². The van der Waals surface area contributed by atoms with Gasteiger partial charge < -0.3 is 5.32 Å². The van der Waals surface area contributed by atoms with E-state index >= 15 is 0 Å². The molecule has 1 amide bonds. The Morgan fingerprint density at radius 1 is 1.09 bits per heavy atom. The number of para-hydroxylation sites is 1. The Labute approximate surface area is 133 Å². The van der Waals surface area contributed by atoms with Crippen molar-refractivity contribution in [3.8, 4) is 5.69 Å². The Bertz CT molecular complexity index is 782. The molecule has 5 heteroatoms. The summed E-state index contributed by atoms with van der Waals surface area (Å²) in [6.07, 6.45) is 3.80. The molecule has 1 N–H and O–H groups in total. The molecular formula is C18H16FN3O. The van der Waals surface area contributed by atoms with Gasteiger partial charge >= 0.3 is 0 Å². The van der Waals surface area contributed by atoms with Crippen molar-refractivity contribution < 1.29 is 9.18 Å². The molecule has 0 aliphatic carbocycles. The van der Waals surface area contributed by atoms with Gasteiger partial charge in [-0.15, -0.1) is 0 Å². The third-order valence-electron chi connectivity index (χ3n) is 3.52. The fourth-order valence-corrected chi connectivity index (χ4v) is 2.32. The smallest absolute Gasteiger partial charge is 0.269 e. The van der Waals surface area contributed by atoms with E-state index in [0.29, 0.717) is 18.7 Å². The van der Waals surface area contributed by atoms with E-state index in [-0.39, 0.29) is 11.7 Å². The summed E-state index contributed by atoms with van der Waals surface area (Å²) in [5, 5.41) is 2.86. The number of imidazole rings is 1. The summed E-state index contributed by atoms with van der Waals surface area (Å²) in [5.41, 5.74) is 2.34. The predicted octanol–water partition coefficient (Wildman–Crippen LogP) is 2.98. The molecule has 2 aromatic carbocycles. The van der Waals surface area contributed by atoms with Crippen LogP contribution in [0, 0.1) is 5.82 Å². The van der Waals surface area contributed by atoms with Crippen molar-refractivity contribution in [2.45, 2.75) is 6.42 Å². The van der Waals surface area contributed by atoms with Gasteiger partial charge in [-0.3, -0.25) is 9.36 Å². The second-order valence-electron chi connectivity index (χ2n) is 5.12. The number of halogens is 1. The highest BCUT2D eigenvalue weighted by molar-refractivity contribution is 5.93. The van der Waals surface area contributed by atoms with Crippen LogP contribution in [0.5, 0.6) is 0 Å². The molecule has 3 rings (SSSR count). The number of aromatic nitrogens is 2. The van der Waals surface area contributed by atoms with Crippen LogP contribution in [0.25, 0.3) is 5.69 Å². The van der Waals surface area contributed by atoms with Crippen LogP contribution in [0.4, 0.5) is 4.39 Å². The molecular weight excluding hydrogens is 293 g/mol. The summed E-state index contributed by atoms with van der Waals surface area (Å²) < 4.78 is 14.6. The zero-order chi connectivity index (χ0) is 16.1. The summed E-state index contributed by atoms with van der Waals surface area (Å²) >= 11 is 0. The largest absolute Gasteiger partial charge is 0.350 e. The topological polar surface area (TPSA) is 46.9 Å². The molecule has 0 unspecified atom stereocenters. The first-order chi connectivity index (χ1) is 11.2. The first-order valence-corrected chi connectivity index (χ1v) is 7.34. The second kappa shape index (κ2) is 6.87. The van der Waals surface area contributed by atoms with E-state index in [1.54, 1.807) is 29.2 Å². The summed E-state index contributed by atoms with van der Waals surface area (Å²) in [6.45, 7) is 0.477. The van der Waals surface area contributed by atoms with Gasteiger partial charge in [0.25, 0.3) is 5.91 Å². The fraction of sp³-hybridized carbons (Fsp3) is 0.111. The van der Waals surface area contributed by atoms with Crippen LogP contribution in [-0.2, 0) is 6.42 Å². The molecule has 0 bridgehead atoms. The average molecular weight is 309 g/mol. The fourth-order valence-electron chi connectivity index (χ4n) is 2.32. The lowest BCUT2D eigenvalue weighted by Crippen LogP contribution is -2.27. The lowest BCUT2D eigenvalue weighted by atomic mass is 10.1. The molecule has 0 spiro atoms. The van der Waals surface area contributed by atoms with Gasteiger partial charge in [-0.05, 0) is 36.2 Å². The van der Waals surface area contributed by atoms with Crippen LogP contribution in [0.2, 0.25) is 0 Å². The molecule has 0 aliphatic rings. The van der Waals surface area contributed by atoms with Gasteiger partial charge in [-0.1, -0.05) is 30.3 Å². The summed E-state index contributed by atoms with van der Waals surface area (Å²) in [4.78, 5) is 16.4. The summed E-state index contributed by atoms with van der Waals surface area (Å²) in [7, 11) is 0. The molecule has 23 heavy (non-hydrogen) atoms. The molecule has 0 aliphatic heterocycles. The van der Waals surface area contributed by atoms with Crippen LogP contribution in [-0.4, -0.2) is 22.0 Å². The Balaban J connectivity index is 1.63. The minimum absolute atomic E-state index is 0.187. The third-order valence-corrected chi connectivity index (χ3v) is 3.52. The van der Waals surface area contributed by atoms with Gasteiger partial charge in [0.1, 0.15) is 11.5 Å². The van der Waals surface area contributed by atoms with Crippen molar-refractivity contribution in [1.82, 2.24) is 14.9 Å². The van der Waals surface area contributed by atoms with Crippen molar-refractivity contribution in [3.05, 3.63) is 84.2 Å². The van der Waals surface area contributed by atoms with E-state index in [1.165, 1.54) is 12.1 Å². The van der Waals surface area contributed by atoms with Crippen LogP contribution in [0.1, 0.15) is 16.1 Å². The minimum Gasteiger partial charge on any atom is -0.350 e. The Kier molecular flexibility index (Phi) is 4.47. The lowest BCUT2D eigenvalue weighted by Gasteiger charge is -2.09. The number of carbonyl (C=O) groups excluding carboxylic acids is 1. The molecule has 0 atom stereocenters. The zero-order valence-electron chi connectivity index (χ0n) is 12.4. The third kappa shape index (κ3) is 3.63. The number of hydrogen-bond acceptors (Lipinski definition) is 2. The maximum absolute atomic E-state index is 12.8. The SMILES string of the molecule is O=C(NCCc1ccc(F)cc1)c1cncn1-c1ccccc1. The minimum atomic E-state index is -0.260. The highest BCUT2D eigenvalue weighted by atomic mass is 19.1. The molecule has 0 radical (unpaired) electrons. The highest BCUT2D eigenvalue weighted by Gasteiger charge is 2.12. The van der Waals surface area contributed by atoms with Crippen molar-refractivity contribution in [2.24, 2.45) is 0 Å². The van der Waals surface area contributed by atoms with Gasteiger partial charge in [-0.25, -0.2) is 9.37 Å². The summed E-state index contributed by atoms with van der Waals surface area (Å²) in [5.74, 6) is -0.446. The lowest BCUT2D eigenvalue weighted by molar-refractivity contribution is 0.0947. The number of benzene rings is 2. The summed E-state index contributed by atoms with van der Waals surface area (Å²) in [6, 6.07) is 15.8. The molecule has 1 heterocycles. The van der Waals surface area contributed by atoms with Crippen molar-refractivity contribution >= 4 is 5.91 Å². The second-order valence-corrected chi connectivity index (χ2v) is 5.12. The monoisotopic (exact) mass is 309 g/mol. The Hall–Kier alpha value is -2.95. The first kappa shape index (κ1) is 15.0. The number of amides is 1. The van der Waals surface area contributed by atoms with E-state index in [2.05, 4.69) is 10.3 Å². The van der Waals surface area contributed by atoms with Gasteiger partial charge in [0.15, 0.2) is 0 Å². The van der Waals surface area contributed by atoms with Crippen LogP contribution in [0.3, 0.4) is 0 Å². The molecule has 0 saturated heterocycles. The molecule has 1 aromatic heterocycles. The average Bonchev–Trinajstić information content (AvgIpc) is 3.07. The molecule has 116 valence electrons. The van der Waals surface area contributed by atoms with E-state index in [4.69, 9.17) is 0 Å². The van der Waals surface area contributed by atoms with Crippen molar-refractivity contribution in [3.63, 3.8) is 0 Å². The standard InChI is InChI=1S/C18H16FN3O/c19-15-8-6-14(7-9-15)10-11-21-18(23)17-12-20-13-22(17)16-4-2-1-3-5-16/h1-9,12-13H,10-11H2,(H,21,23). The van der Waals surface area contributed by atoms with E-state index < -0.39 is 0 Å². The molecule has 0 fully saturated rings. The number of hydrogen-bond donors (Lipinski definition) is 1. The maximum atomic E-state index is 12.8. The Morgan fingerprint density at radius 2 is 1.83 bits per heavy atom. The molecule has 4 nitrogen and oxygen atoms in total. The van der Waals surface area contributed by atoms with E-state index in [9.17, 15) is 9.18 Å². The molecule has 3 aromatic rings. The number of carbonyl (C=O) groups is 1. The van der Waals surface area contributed by atoms with Gasteiger partial charge in [-0.2, -0.15) is 0 Å². The van der Waals surface area contributed by atoms with Crippen LogP contribution >= 0.6 is 0 Å². The van der Waals surface area contributed by atoms with Crippen LogP contribution < -0.4 is 5.32 Å². The zero-order valence-corrected chi connectivity index (χ0v) is 12.4. The normalized spacial score (nSPS) is 10.5. The number of rotatable bonds is 5. The van der Waals surface area contributed by atoms with E-state index in [0.717, 1.165) is 11.3 Å². The maximum Gasteiger partial charge on any atom is 0.269 e.